The molecule has 0 aromatic heterocycles. The van der Waals surface area contributed by atoms with Crippen LogP contribution in [0, 0.1) is 0 Å². The average molecular weight is 569 g/mol. The van der Waals surface area contributed by atoms with Gasteiger partial charge in [-0.1, -0.05) is 60.7 Å². The van der Waals surface area contributed by atoms with E-state index in [1.54, 1.807) is 34.1 Å². The molecule has 1 aliphatic heterocycles. The maximum absolute atomic E-state index is 13.8. The van der Waals surface area contributed by atoms with E-state index in [0.717, 1.165) is 5.56 Å². The van der Waals surface area contributed by atoms with Crippen LogP contribution < -0.4 is 9.47 Å². The molecule has 0 saturated heterocycles. The first-order chi connectivity index (χ1) is 20.4. The summed E-state index contributed by atoms with van der Waals surface area (Å²) in [5.74, 6) is -0.291. The van der Waals surface area contributed by atoms with Crippen LogP contribution in [0.4, 0.5) is 5.69 Å². The third kappa shape index (κ3) is 5.93. The Balaban J connectivity index is 2.10. The molecule has 0 N–H and O–H groups in total. The number of nitrogens with zero attached hydrogens (tertiary/aromatic N) is 2. The number of ether oxygens (including phenoxy) is 4. The highest BCUT2D eigenvalue weighted by atomic mass is 16.5. The van der Waals surface area contributed by atoms with Crippen LogP contribution in [0.1, 0.15) is 44.7 Å². The summed E-state index contributed by atoms with van der Waals surface area (Å²) in [5, 5.41) is 0. The molecule has 0 bridgehead atoms. The first-order valence-electron chi connectivity index (χ1n) is 13.8. The number of hydrogen-bond acceptors (Lipinski definition) is 7. The van der Waals surface area contributed by atoms with Crippen LogP contribution in [0.15, 0.2) is 106 Å². The van der Waals surface area contributed by atoms with Gasteiger partial charge in [-0.05, 0) is 45.9 Å². The van der Waals surface area contributed by atoms with Gasteiger partial charge < -0.3 is 23.8 Å². The number of rotatable bonds is 9. The molecule has 0 unspecified atom stereocenters. The lowest BCUT2D eigenvalue weighted by molar-refractivity contribution is -0.139. The van der Waals surface area contributed by atoms with E-state index in [0.29, 0.717) is 51.1 Å². The van der Waals surface area contributed by atoms with Gasteiger partial charge in [0, 0.05) is 22.5 Å². The number of hydrogen-bond donors (Lipinski definition) is 0. The number of allylic oxidation sites excluding steroid dienone is 2. The van der Waals surface area contributed by atoms with Crippen molar-refractivity contribution in [1.29, 1.82) is 0 Å². The molecular formula is C34H36N2O6. The third-order valence-corrected chi connectivity index (χ3v) is 7.02. The van der Waals surface area contributed by atoms with Gasteiger partial charge in [0.05, 0.1) is 44.5 Å². The molecule has 0 amide bonds. The van der Waals surface area contributed by atoms with Crippen LogP contribution in [-0.2, 0) is 19.1 Å². The SMILES string of the molecule is CCOC(=O)C1=C(C)N(C(=Nc2ccccc2OC)c2ccccc2)C(C)=C(C(=O)OCC)C1c1ccccc1OC. The number of para-hydroxylation sites is 3. The maximum Gasteiger partial charge on any atom is 0.336 e. The molecule has 42 heavy (non-hydrogen) atoms. The fraction of sp³-hybridized carbons (Fsp3) is 0.265. The summed E-state index contributed by atoms with van der Waals surface area (Å²) < 4.78 is 22.5. The van der Waals surface area contributed by atoms with E-state index >= 15 is 0 Å². The van der Waals surface area contributed by atoms with Crippen molar-refractivity contribution >= 4 is 23.5 Å². The minimum atomic E-state index is -0.807. The van der Waals surface area contributed by atoms with Gasteiger partial charge in [-0.15, -0.1) is 0 Å². The monoisotopic (exact) mass is 568 g/mol. The molecule has 3 aromatic carbocycles. The van der Waals surface area contributed by atoms with Crippen molar-refractivity contribution in [3.05, 3.63) is 113 Å². The normalized spacial score (nSPS) is 14.1. The van der Waals surface area contributed by atoms with Gasteiger partial charge in [-0.3, -0.25) is 0 Å². The van der Waals surface area contributed by atoms with E-state index in [9.17, 15) is 9.59 Å². The van der Waals surface area contributed by atoms with Crippen molar-refractivity contribution in [2.75, 3.05) is 27.4 Å². The van der Waals surface area contributed by atoms with E-state index in [1.165, 1.54) is 0 Å². The molecule has 4 rings (SSSR count). The summed E-state index contributed by atoms with van der Waals surface area (Å²) >= 11 is 0. The topological polar surface area (TPSA) is 86.7 Å². The molecule has 8 heteroatoms. The maximum atomic E-state index is 13.8. The fourth-order valence-corrected chi connectivity index (χ4v) is 5.20. The van der Waals surface area contributed by atoms with Gasteiger partial charge in [-0.25, -0.2) is 14.6 Å². The zero-order valence-corrected chi connectivity index (χ0v) is 24.8. The Morgan fingerprint density at radius 3 is 1.76 bits per heavy atom. The predicted molar refractivity (Wildman–Crippen MR) is 162 cm³/mol. The molecule has 0 radical (unpaired) electrons. The Morgan fingerprint density at radius 1 is 0.714 bits per heavy atom. The minimum Gasteiger partial charge on any atom is -0.496 e. The lowest BCUT2D eigenvalue weighted by Crippen LogP contribution is -2.39. The van der Waals surface area contributed by atoms with Crippen molar-refractivity contribution in [2.45, 2.75) is 33.6 Å². The molecule has 218 valence electrons. The van der Waals surface area contributed by atoms with Gasteiger partial charge in [-0.2, -0.15) is 0 Å². The van der Waals surface area contributed by atoms with Gasteiger partial charge in [0.1, 0.15) is 23.0 Å². The van der Waals surface area contributed by atoms with Crippen molar-refractivity contribution in [3.63, 3.8) is 0 Å². The summed E-state index contributed by atoms with van der Waals surface area (Å²) in [6.07, 6.45) is 0. The Kier molecular flexibility index (Phi) is 9.81. The summed E-state index contributed by atoms with van der Waals surface area (Å²) in [6, 6.07) is 24.3. The molecule has 0 spiro atoms. The Hall–Kier alpha value is -4.85. The summed E-state index contributed by atoms with van der Waals surface area (Å²) in [6.45, 7) is 7.48. The van der Waals surface area contributed by atoms with E-state index < -0.39 is 17.9 Å². The quantitative estimate of drug-likeness (QED) is 0.164. The number of amidine groups is 1. The zero-order valence-electron chi connectivity index (χ0n) is 24.8. The lowest BCUT2D eigenvalue weighted by Gasteiger charge is -2.38. The fourth-order valence-electron chi connectivity index (χ4n) is 5.20. The first kappa shape index (κ1) is 30.1. The zero-order chi connectivity index (χ0) is 30.2. The highest BCUT2D eigenvalue weighted by Gasteiger charge is 2.43. The van der Waals surface area contributed by atoms with E-state index in [2.05, 4.69) is 0 Å². The van der Waals surface area contributed by atoms with E-state index in [4.69, 9.17) is 23.9 Å². The Morgan fingerprint density at radius 2 is 1.21 bits per heavy atom. The summed E-state index contributed by atoms with van der Waals surface area (Å²) in [5.41, 5.74) is 3.70. The van der Waals surface area contributed by atoms with Gasteiger partial charge in [0.25, 0.3) is 0 Å². The van der Waals surface area contributed by atoms with Gasteiger partial charge >= 0.3 is 11.9 Å². The van der Waals surface area contributed by atoms with Crippen molar-refractivity contribution in [3.8, 4) is 11.5 Å². The molecule has 0 atom stereocenters. The smallest absolute Gasteiger partial charge is 0.336 e. The second-order valence-electron chi connectivity index (χ2n) is 9.42. The second kappa shape index (κ2) is 13.7. The molecule has 1 heterocycles. The van der Waals surface area contributed by atoms with Gasteiger partial charge in [0.15, 0.2) is 0 Å². The first-order valence-corrected chi connectivity index (χ1v) is 13.8. The highest BCUT2D eigenvalue weighted by Crippen LogP contribution is 2.46. The number of methoxy groups -OCH3 is 2. The number of esters is 2. The number of carbonyl (C=O) groups is 2. The van der Waals surface area contributed by atoms with E-state index in [1.807, 2.05) is 91.5 Å². The molecule has 3 aromatic rings. The molecule has 1 aliphatic rings. The largest absolute Gasteiger partial charge is 0.496 e. The number of aliphatic imine (C=N–C) groups is 1. The second-order valence-corrected chi connectivity index (χ2v) is 9.42. The standard InChI is InChI=1S/C34H36N2O6/c1-7-41-33(37)29-22(3)36(32(24-16-10-9-11-17-24)35-26-19-13-15-21-28(26)40-6)23(4)30(34(38)42-8-2)31(29)25-18-12-14-20-27(25)39-5/h9-21,31H,7-8H2,1-6H3. The van der Waals surface area contributed by atoms with Gasteiger partial charge in [0.2, 0.25) is 0 Å². The van der Waals surface area contributed by atoms with Crippen molar-refractivity contribution in [2.24, 2.45) is 4.99 Å². The minimum absolute atomic E-state index is 0.159. The van der Waals surface area contributed by atoms with Crippen LogP contribution in [0.2, 0.25) is 0 Å². The van der Waals surface area contributed by atoms with E-state index in [-0.39, 0.29) is 13.2 Å². The molecule has 8 nitrogen and oxygen atoms in total. The third-order valence-electron chi connectivity index (χ3n) is 7.02. The van der Waals surface area contributed by atoms with Crippen LogP contribution in [0.5, 0.6) is 11.5 Å². The van der Waals surface area contributed by atoms with Crippen LogP contribution in [0.3, 0.4) is 0 Å². The molecule has 0 fully saturated rings. The van der Waals surface area contributed by atoms with Crippen LogP contribution in [0.25, 0.3) is 0 Å². The molecule has 0 saturated carbocycles. The van der Waals surface area contributed by atoms with Crippen LogP contribution >= 0.6 is 0 Å². The van der Waals surface area contributed by atoms with Crippen molar-refractivity contribution in [1.82, 2.24) is 4.90 Å². The predicted octanol–water partition coefficient (Wildman–Crippen LogP) is 6.56. The Bertz CT molecular complexity index is 1500. The highest BCUT2D eigenvalue weighted by molar-refractivity contribution is 6.07. The summed E-state index contributed by atoms with van der Waals surface area (Å²) in [7, 11) is 3.14. The Labute approximate surface area is 246 Å². The van der Waals surface area contributed by atoms with Crippen molar-refractivity contribution < 1.29 is 28.5 Å². The lowest BCUT2D eigenvalue weighted by atomic mass is 9.79. The number of carbonyl (C=O) groups excluding carboxylic acids is 2. The molecular weight excluding hydrogens is 532 g/mol. The van der Waals surface area contributed by atoms with Crippen LogP contribution in [-0.4, -0.2) is 50.1 Å². The molecule has 0 aliphatic carbocycles. The number of benzene rings is 3. The summed E-state index contributed by atoms with van der Waals surface area (Å²) in [4.78, 5) is 34.5. The average Bonchev–Trinajstić information content (AvgIpc) is 3.01.